The molecular formula is C37H52N2O2. The number of aryl methyl sites for hydroxylation is 1. The second-order valence-corrected chi connectivity index (χ2v) is 11.7. The molecule has 0 fully saturated rings. The summed E-state index contributed by atoms with van der Waals surface area (Å²) >= 11 is 0. The number of esters is 1. The third-order valence-electron chi connectivity index (χ3n) is 7.92. The van der Waals surface area contributed by atoms with Crippen LogP contribution in [0.3, 0.4) is 0 Å². The molecule has 222 valence electrons. The number of unbranched alkanes of at least 4 members (excludes halogenated alkanes) is 11. The van der Waals surface area contributed by atoms with Crippen molar-refractivity contribution in [3.8, 4) is 22.5 Å². The van der Waals surface area contributed by atoms with Crippen LogP contribution in [0.5, 0.6) is 0 Å². The van der Waals surface area contributed by atoms with E-state index in [1.165, 1.54) is 89.0 Å². The molecule has 0 aliphatic carbocycles. The largest absolute Gasteiger partial charge is 0.462 e. The zero-order valence-electron chi connectivity index (χ0n) is 25.9. The van der Waals surface area contributed by atoms with Crippen LogP contribution in [0.2, 0.25) is 0 Å². The zero-order chi connectivity index (χ0) is 29.1. The highest BCUT2D eigenvalue weighted by atomic mass is 16.5. The molecule has 1 heterocycles. The second kappa shape index (κ2) is 19.2. The number of hydrogen-bond donors (Lipinski definition) is 0. The smallest absolute Gasteiger partial charge is 0.338 e. The van der Waals surface area contributed by atoms with Gasteiger partial charge in [-0.05, 0) is 54.0 Å². The van der Waals surface area contributed by atoms with Crippen LogP contribution in [0.4, 0.5) is 0 Å². The normalized spacial score (nSPS) is 11.9. The van der Waals surface area contributed by atoms with Crippen molar-refractivity contribution in [3.63, 3.8) is 0 Å². The highest BCUT2D eigenvalue weighted by Gasteiger charge is 2.11. The fraction of sp³-hybridized carbons (Fsp3) is 0.541. The molecule has 0 aliphatic heterocycles. The molecule has 0 aliphatic rings. The van der Waals surface area contributed by atoms with E-state index in [4.69, 9.17) is 4.74 Å². The topological polar surface area (TPSA) is 52.1 Å². The molecule has 1 atom stereocenters. The van der Waals surface area contributed by atoms with Gasteiger partial charge in [-0.3, -0.25) is 0 Å². The van der Waals surface area contributed by atoms with Crippen molar-refractivity contribution in [2.45, 2.75) is 117 Å². The Bertz CT molecular complexity index is 1110. The van der Waals surface area contributed by atoms with Gasteiger partial charge in [0.05, 0.1) is 12.2 Å². The Labute approximate surface area is 249 Å². The van der Waals surface area contributed by atoms with Gasteiger partial charge in [0.25, 0.3) is 0 Å². The quantitative estimate of drug-likeness (QED) is 0.103. The summed E-state index contributed by atoms with van der Waals surface area (Å²) in [5.74, 6) is 0.908. The molecule has 4 nitrogen and oxygen atoms in total. The second-order valence-electron chi connectivity index (χ2n) is 11.7. The zero-order valence-corrected chi connectivity index (χ0v) is 25.9. The Morgan fingerprint density at radius 3 is 1.73 bits per heavy atom. The number of benzene rings is 2. The van der Waals surface area contributed by atoms with Crippen molar-refractivity contribution in [1.82, 2.24) is 9.97 Å². The van der Waals surface area contributed by atoms with Crippen molar-refractivity contribution in [1.29, 1.82) is 0 Å². The fourth-order valence-electron chi connectivity index (χ4n) is 5.19. The Morgan fingerprint density at radius 2 is 1.15 bits per heavy atom. The molecule has 0 radical (unpaired) electrons. The molecule has 1 unspecified atom stereocenters. The Kier molecular flexibility index (Phi) is 15.2. The van der Waals surface area contributed by atoms with E-state index in [9.17, 15) is 4.79 Å². The van der Waals surface area contributed by atoms with E-state index in [2.05, 4.69) is 55.0 Å². The predicted octanol–water partition coefficient (Wildman–Crippen LogP) is 10.6. The highest BCUT2D eigenvalue weighted by Crippen LogP contribution is 2.24. The van der Waals surface area contributed by atoms with Gasteiger partial charge in [0, 0.05) is 18.0 Å². The van der Waals surface area contributed by atoms with Gasteiger partial charge >= 0.3 is 5.97 Å². The van der Waals surface area contributed by atoms with E-state index in [1.807, 2.05) is 36.7 Å². The summed E-state index contributed by atoms with van der Waals surface area (Å²) in [4.78, 5) is 21.8. The minimum Gasteiger partial charge on any atom is -0.462 e. The maximum atomic E-state index is 12.6. The molecular weight excluding hydrogens is 504 g/mol. The lowest BCUT2D eigenvalue weighted by molar-refractivity contribution is 0.0442. The Hall–Kier alpha value is -3.01. The molecule has 4 heteroatoms. The summed E-state index contributed by atoms with van der Waals surface area (Å²) in [6, 6.07) is 16.0. The summed E-state index contributed by atoms with van der Waals surface area (Å²) < 4.78 is 5.60. The fourth-order valence-corrected chi connectivity index (χ4v) is 5.19. The van der Waals surface area contributed by atoms with Crippen LogP contribution in [0.25, 0.3) is 22.5 Å². The number of ether oxygens (including phenoxy) is 1. The molecule has 2 aromatic carbocycles. The SMILES string of the molecule is CCCCCCCCCc1cnc(-c2ccc(-c3ccc(C(=O)OCC(C)CCCCCCCC)cc3)cc2)nc1. The van der Waals surface area contributed by atoms with Crippen LogP contribution >= 0.6 is 0 Å². The summed E-state index contributed by atoms with van der Waals surface area (Å²) in [5, 5.41) is 0. The number of rotatable bonds is 20. The number of nitrogens with zero attached hydrogens (tertiary/aromatic N) is 2. The first-order valence-electron chi connectivity index (χ1n) is 16.3. The van der Waals surface area contributed by atoms with E-state index < -0.39 is 0 Å². The van der Waals surface area contributed by atoms with Gasteiger partial charge in [-0.15, -0.1) is 0 Å². The van der Waals surface area contributed by atoms with Crippen molar-refractivity contribution in [2.24, 2.45) is 5.92 Å². The van der Waals surface area contributed by atoms with Crippen LogP contribution in [0.15, 0.2) is 60.9 Å². The molecule has 0 amide bonds. The van der Waals surface area contributed by atoms with Crippen molar-refractivity contribution < 1.29 is 9.53 Å². The minimum atomic E-state index is -0.241. The van der Waals surface area contributed by atoms with Crippen LogP contribution in [0.1, 0.15) is 127 Å². The van der Waals surface area contributed by atoms with Crippen molar-refractivity contribution in [2.75, 3.05) is 6.61 Å². The van der Waals surface area contributed by atoms with Gasteiger partial charge in [-0.25, -0.2) is 14.8 Å². The van der Waals surface area contributed by atoms with Crippen LogP contribution in [0, 0.1) is 5.92 Å². The van der Waals surface area contributed by atoms with E-state index in [0.29, 0.717) is 18.1 Å². The van der Waals surface area contributed by atoms with Crippen LogP contribution in [-0.2, 0) is 11.2 Å². The molecule has 0 saturated heterocycles. The average molecular weight is 557 g/mol. The number of carbonyl (C=O) groups excluding carboxylic acids is 1. The summed E-state index contributed by atoms with van der Waals surface area (Å²) in [6.45, 7) is 7.16. The molecule has 3 rings (SSSR count). The molecule has 3 aromatic rings. The predicted molar refractivity (Wildman–Crippen MR) is 172 cm³/mol. The first kappa shape index (κ1) is 32.5. The number of aromatic nitrogens is 2. The number of carbonyl (C=O) groups is 1. The molecule has 0 N–H and O–H groups in total. The molecule has 1 aromatic heterocycles. The monoisotopic (exact) mass is 556 g/mol. The standard InChI is InChI=1S/C37H52N2O2/c1-4-6-8-10-12-14-16-18-31-27-38-36(39-28-31)34-23-19-32(20-24-34)33-21-25-35(26-22-33)37(40)41-29-30(3)17-15-13-11-9-7-5-2/h19-28,30H,4-18,29H2,1-3H3. The van der Waals surface area contributed by atoms with Crippen molar-refractivity contribution >= 4 is 5.97 Å². The first-order chi connectivity index (χ1) is 20.1. The van der Waals surface area contributed by atoms with E-state index in [0.717, 1.165) is 35.4 Å². The maximum absolute atomic E-state index is 12.6. The molecule has 0 saturated carbocycles. The maximum Gasteiger partial charge on any atom is 0.338 e. The Morgan fingerprint density at radius 1 is 0.659 bits per heavy atom. The molecule has 0 bridgehead atoms. The van der Waals surface area contributed by atoms with Gasteiger partial charge in [0.15, 0.2) is 5.82 Å². The van der Waals surface area contributed by atoms with E-state index >= 15 is 0 Å². The van der Waals surface area contributed by atoms with Gasteiger partial charge < -0.3 is 4.74 Å². The minimum absolute atomic E-state index is 0.241. The summed E-state index contributed by atoms with van der Waals surface area (Å²) in [7, 11) is 0. The average Bonchev–Trinajstić information content (AvgIpc) is 3.01. The highest BCUT2D eigenvalue weighted by molar-refractivity contribution is 5.90. The van der Waals surface area contributed by atoms with Crippen LogP contribution < -0.4 is 0 Å². The van der Waals surface area contributed by atoms with Gasteiger partial charge in [-0.2, -0.15) is 0 Å². The first-order valence-corrected chi connectivity index (χ1v) is 16.3. The third-order valence-corrected chi connectivity index (χ3v) is 7.92. The van der Waals surface area contributed by atoms with Crippen LogP contribution in [-0.4, -0.2) is 22.5 Å². The lowest BCUT2D eigenvalue weighted by atomic mass is 10.0. The molecule has 0 spiro atoms. The van der Waals surface area contributed by atoms with Gasteiger partial charge in [0.2, 0.25) is 0 Å². The molecule has 41 heavy (non-hydrogen) atoms. The lowest BCUT2D eigenvalue weighted by Gasteiger charge is -2.12. The van der Waals surface area contributed by atoms with Gasteiger partial charge in [0.1, 0.15) is 0 Å². The summed E-state index contributed by atoms with van der Waals surface area (Å²) in [6.07, 6.45) is 23.1. The lowest BCUT2D eigenvalue weighted by Crippen LogP contribution is -2.12. The third kappa shape index (κ3) is 12.2. The van der Waals surface area contributed by atoms with Crippen molar-refractivity contribution in [3.05, 3.63) is 72.1 Å². The number of hydrogen-bond acceptors (Lipinski definition) is 4. The van der Waals surface area contributed by atoms with E-state index in [-0.39, 0.29) is 5.97 Å². The summed E-state index contributed by atoms with van der Waals surface area (Å²) in [5.41, 5.74) is 4.98. The van der Waals surface area contributed by atoms with E-state index in [1.54, 1.807) is 0 Å². The Balaban J connectivity index is 1.41. The van der Waals surface area contributed by atoms with Gasteiger partial charge in [-0.1, -0.05) is 134 Å².